The fourth-order valence-corrected chi connectivity index (χ4v) is 2.27. The second kappa shape index (κ2) is 7.69. The van der Waals surface area contributed by atoms with Gasteiger partial charge in [-0.15, -0.1) is 0 Å². The topological polar surface area (TPSA) is 49.5 Å². The predicted molar refractivity (Wildman–Crippen MR) is 75.8 cm³/mol. The number of hydrogen-bond acceptors (Lipinski definition) is 3. The van der Waals surface area contributed by atoms with Crippen molar-refractivity contribution in [2.24, 2.45) is 0 Å². The van der Waals surface area contributed by atoms with Crippen LogP contribution in [0.5, 0.6) is 0 Å². The maximum Gasteiger partial charge on any atom is 0.0558 e. The number of hydrogen-bond donors (Lipinski definition) is 2. The van der Waals surface area contributed by atoms with Crippen LogP contribution in [0.4, 0.5) is 5.69 Å². The lowest BCUT2D eigenvalue weighted by Gasteiger charge is -2.22. The van der Waals surface area contributed by atoms with Gasteiger partial charge in [0.25, 0.3) is 0 Å². The Morgan fingerprint density at radius 1 is 1.35 bits per heavy atom. The van der Waals surface area contributed by atoms with Gasteiger partial charge in [0.2, 0.25) is 0 Å². The molecule has 0 atom stereocenters. The summed E-state index contributed by atoms with van der Waals surface area (Å²) in [6.45, 7) is 4.84. The van der Waals surface area contributed by atoms with Crippen LogP contribution in [0.2, 0.25) is 0 Å². The van der Waals surface area contributed by atoms with Gasteiger partial charge in [0.05, 0.1) is 6.61 Å². The average molecular weight is 301 g/mol. The van der Waals surface area contributed by atoms with E-state index in [4.69, 9.17) is 10.8 Å². The first kappa shape index (κ1) is 14.5. The Balaban J connectivity index is 2.70. The first-order valence-electron chi connectivity index (χ1n) is 6.05. The van der Waals surface area contributed by atoms with Crippen LogP contribution in [0.3, 0.4) is 0 Å². The van der Waals surface area contributed by atoms with Crippen LogP contribution in [0.15, 0.2) is 22.7 Å². The van der Waals surface area contributed by atoms with Crippen LogP contribution in [-0.4, -0.2) is 29.7 Å². The lowest BCUT2D eigenvalue weighted by atomic mass is 10.1. The second-order valence-electron chi connectivity index (χ2n) is 4.16. The van der Waals surface area contributed by atoms with Crippen molar-refractivity contribution in [2.45, 2.75) is 26.3 Å². The van der Waals surface area contributed by atoms with Gasteiger partial charge in [-0.2, -0.15) is 0 Å². The molecule has 0 heterocycles. The molecular formula is C13H21BrN2O. The van der Waals surface area contributed by atoms with E-state index in [-0.39, 0.29) is 6.61 Å². The third-order valence-corrected chi connectivity index (χ3v) is 3.52. The molecule has 96 valence electrons. The first-order chi connectivity index (χ1) is 8.19. The van der Waals surface area contributed by atoms with Crippen LogP contribution in [-0.2, 0) is 6.54 Å². The standard InChI is InChI=1S/C13H21BrN2O/c1-2-3-7-16(8-9-17)10-11-12(14)5-4-6-13(11)15/h4-6,17H,2-3,7-10,15H2,1H3. The highest BCUT2D eigenvalue weighted by atomic mass is 79.9. The van der Waals surface area contributed by atoms with E-state index in [0.29, 0.717) is 6.54 Å². The van der Waals surface area contributed by atoms with Crippen LogP contribution in [0.25, 0.3) is 0 Å². The Hall–Kier alpha value is -0.580. The molecule has 0 amide bonds. The summed E-state index contributed by atoms with van der Waals surface area (Å²) in [6.07, 6.45) is 2.30. The summed E-state index contributed by atoms with van der Waals surface area (Å²) in [7, 11) is 0. The van der Waals surface area contributed by atoms with Gasteiger partial charge in [0.1, 0.15) is 0 Å². The van der Waals surface area contributed by atoms with Gasteiger partial charge in [-0.1, -0.05) is 35.3 Å². The number of aliphatic hydroxyl groups excluding tert-OH is 1. The Bertz CT molecular complexity index is 324. The second-order valence-corrected chi connectivity index (χ2v) is 5.02. The van der Waals surface area contributed by atoms with Gasteiger partial charge in [0, 0.05) is 28.8 Å². The lowest BCUT2D eigenvalue weighted by molar-refractivity contribution is 0.188. The highest BCUT2D eigenvalue weighted by molar-refractivity contribution is 9.10. The molecule has 0 saturated heterocycles. The van der Waals surface area contributed by atoms with E-state index in [1.807, 2.05) is 18.2 Å². The monoisotopic (exact) mass is 300 g/mol. The Labute approximate surface area is 112 Å². The minimum absolute atomic E-state index is 0.189. The molecule has 1 rings (SSSR count). The lowest BCUT2D eigenvalue weighted by Crippen LogP contribution is -2.28. The third kappa shape index (κ3) is 4.66. The Kier molecular flexibility index (Phi) is 6.55. The number of unbranched alkanes of at least 4 members (excludes halogenated alkanes) is 1. The molecule has 0 aliphatic heterocycles. The molecule has 0 unspecified atom stereocenters. The molecule has 1 aromatic carbocycles. The van der Waals surface area contributed by atoms with Crippen molar-refractivity contribution in [3.63, 3.8) is 0 Å². The number of nitrogens with two attached hydrogens (primary N) is 1. The molecule has 17 heavy (non-hydrogen) atoms. The summed E-state index contributed by atoms with van der Waals surface area (Å²) in [5.74, 6) is 0. The van der Waals surface area contributed by atoms with E-state index >= 15 is 0 Å². The minimum atomic E-state index is 0.189. The molecule has 4 heteroatoms. The predicted octanol–water partition coefficient (Wildman–Crippen LogP) is 2.63. The fourth-order valence-electron chi connectivity index (χ4n) is 1.76. The SMILES string of the molecule is CCCCN(CCO)Cc1c(N)cccc1Br. The van der Waals surface area contributed by atoms with Crippen LogP contribution in [0.1, 0.15) is 25.3 Å². The average Bonchev–Trinajstić information content (AvgIpc) is 2.31. The quantitative estimate of drug-likeness (QED) is 0.761. The summed E-state index contributed by atoms with van der Waals surface area (Å²) in [6, 6.07) is 5.85. The number of nitrogen functional groups attached to an aromatic ring is 1. The van der Waals surface area contributed by atoms with Gasteiger partial charge in [-0.3, -0.25) is 4.90 Å². The van der Waals surface area contributed by atoms with Crippen molar-refractivity contribution in [1.29, 1.82) is 0 Å². The summed E-state index contributed by atoms with van der Waals surface area (Å²) in [4.78, 5) is 2.24. The first-order valence-corrected chi connectivity index (χ1v) is 6.84. The number of halogens is 1. The number of benzene rings is 1. The molecule has 0 saturated carbocycles. The van der Waals surface area contributed by atoms with Gasteiger partial charge in [0.15, 0.2) is 0 Å². The highest BCUT2D eigenvalue weighted by Crippen LogP contribution is 2.24. The highest BCUT2D eigenvalue weighted by Gasteiger charge is 2.10. The van der Waals surface area contributed by atoms with Crippen molar-refractivity contribution in [3.05, 3.63) is 28.2 Å². The van der Waals surface area contributed by atoms with E-state index < -0.39 is 0 Å². The number of aliphatic hydroxyl groups is 1. The van der Waals surface area contributed by atoms with Crippen LogP contribution >= 0.6 is 15.9 Å². The fraction of sp³-hybridized carbons (Fsp3) is 0.538. The summed E-state index contributed by atoms with van der Waals surface area (Å²) < 4.78 is 1.04. The molecule has 0 aromatic heterocycles. The van der Waals surface area contributed by atoms with E-state index in [2.05, 4.69) is 27.8 Å². The van der Waals surface area contributed by atoms with Crippen molar-refractivity contribution in [1.82, 2.24) is 4.90 Å². The number of anilines is 1. The molecule has 0 fully saturated rings. The molecule has 0 bridgehead atoms. The number of nitrogens with zero attached hydrogens (tertiary/aromatic N) is 1. The normalized spacial score (nSPS) is 11.1. The maximum atomic E-state index is 9.07. The van der Waals surface area contributed by atoms with E-state index in [1.165, 1.54) is 0 Å². The zero-order valence-electron chi connectivity index (χ0n) is 10.3. The van der Waals surface area contributed by atoms with Crippen molar-refractivity contribution >= 4 is 21.6 Å². The summed E-state index contributed by atoms with van der Waals surface area (Å²) >= 11 is 3.53. The largest absolute Gasteiger partial charge is 0.398 e. The molecule has 0 radical (unpaired) electrons. The van der Waals surface area contributed by atoms with Crippen LogP contribution in [0, 0.1) is 0 Å². The number of rotatable bonds is 7. The van der Waals surface area contributed by atoms with Gasteiger partial charge >= 0.3 is 0 Å². The van der Waals surface area contributed by atoms with Gasteiger partial charge in [-0.05, 0) is 25.1 Å². The molecule has 0 aliphatic carbocycles. The van der Waals surface area contributed by atoms with E-state index in [0.717, 1.165) is 41.7 Å². The van der Waals surface area contributed by atoms with Crippen LogP contribution < -0.4 is 5.73 Å². The summed E-state index contributed by atoms with van der Waals surface area (Å²) in [5.41, 5.74) is 7.89. The molecule has 0 spiro atoms. The minimum Gasteiger partial charge on any atom is -0.398 e. The molecule has 3 N–H and O–H groups in total. The van der Waals surface area contributed by atoms with Gasteiger partial charge in [-0.25, -0.2) is 0 Å². The zero-order valence-corrected chi connectivity index (χ0v) is 11.9. The molecule has 0 aliphatic rings. The molecule has 1 aromatic rings. The maximum absolute atomic E-state index is 9.07. The Morgan fingerprint density at radius 2 is 2.12 bits per heavy atom. The zero-order chi connectivity index (χ0) is 12.7. The van der Waals surface area contributed by atoms with Crippen molar-refractivity contribution in [3.8, 4) is 0 Å². The molecule has 3 nitrogen and oxygen atoms in total. The van der Waals surface area contributed by atoms with Gasteiger partial charge < -0.3 is 10.8 Å². The van der Waals surface area contributed by atoms with Crippen molar-refractivity contribution < 1.29 is 5.11 Å². The smallest absolute Gasteiger partial charge is 0.0558 e. The summed E-state index contributed by atoms with van der Waals surface area (Å²) in [5, 5.41) is 9.07. The third-order valence-electron chi connectivity index (χ3n) is 2.78. The van der Waals surface area contributed by atoms with E-state index in [1.54, 1.807) is 0 Å². The Morgan fingerprint density at radius 3 is 2.71 bits per heavy atom. The van der Waals surface area contributed by atoms with E-state index in [9.17, 15) is 0 Å². The van der Waals surface area contributed by atoms with Crippen molar-refractivity contribution in [2.75, 3.05) is 25.4 Å². The molecular weight excluding hydrogens is 280 g/mol.